The van der Waals surface area contributed by atoms with Gasteiger partial charge in [0.05, 0.1) is 11.4 Å². The van der Waals surface area contributed by atoms with Crippen LogP contribution in [0.2, 0.25) is 0 Å². The number of benzene rings is 2. The van der Waals surface area contributed by atoms with Crippen molar-refractivity contribution in [2.45, 2.75) is 18.4 Å². The Morgan fingerprint density at radius 3 is 2.25 bits per heavy atom. The summed E-state index contributed by atoms with van der Waals surface area (Å²) in [5.41, 5.74) is 0.709. The number of carbonyl (C=O) groups excluding carboxylic acids is 1. The highest BCUT2D eigenvalue weighted by Gasteiger charge is 2.16. The fourth-order valence-corrected chi connectivity index (χ4v) is 3.66. The first-order valence-electron chi connectivity index (χ1n) is 8.44. The number of halogens is 1. The van der Waals surface area contributed by atoms with Gasteiger partial charge in [-0.3, -0.25) is 9.52 Å². The van der Waals surface area contributed by atoms with Crippen molar-refractivity contribution in [1.82, 2.24) is 4.90 Å². The molecule has 0 aliphatic carbocycles. The summed E-state index contributed by atoms with van der Waals surface area (Å²) in [5.74, 6) is 0.711. The lowest BCUT2D eigenvalue weighted by molar-refractivity contribution is 0.0775. The zero-order chi connectivity index (χ0) is 20.3. The van der Waals surface area contributed by atoms with Crippen molar-refractivity contribution in [2.24, 2.45) is 0 Å². The number of hydrogen-bond acceptors (Lipinski definition) is 4. The van der Waals surface area contributed by atoms with Crippen LogP contribution in [0.3, 0.4) is 0 Å². The van der Waals surface area contributed by atoms with Crippen molar-refractivity contribution < 1.29 is 22.0 Å². The summed E-state index contributed by atoms with van der Waals surface area (Å²) in [6.45, 7) is 2.16. The topological polar surface area (TPSA) is 79.6 Å². The first-order chi connectivity index (χ1) is 13.2. The number of sulfonamides is 1. The summed E-state index contributed by atoms with van der Waals surface area (Å²) in [5, 5.41) is 0. The second-order valence-electron chi connectivity index (χ2n) is 6.31. The molecule has 2 aromatic carbocycles. The number of hydrogen-bond donors (Lipinski definition) is 1. The smallest absolute Gasteiger partial charge is 0.261 e. The minimum absolute atomic E-state index is 0.0532. The van der Waals surface area contributed by atoms with Crippen LogP contribution in [0.4, 0.5) is 10.1 Å². The minimum atomic E-state index is -3.84. The van der Waals surface area contributed by atoms with Gasteiger partial charge in [0.15, 0.2) is 0 Å². The number of anilines is 1. The van der Waals surface area contributed by atoms with Crippen molar-refractivity contribution in [3.63, 3.8) is 0 Å². The molecule has 1 aromatic heterocycles. The maximum Gasteiger partial charge on any atom is 0.261 e. The molecule has 0 radical (unpaired) electrons. The van der Waals surface area contributed by atoms with E-state index in [1.54, 1.807) is 7.05 Å². The van der Waals surface area contributed by atoms with Crippen molar-refractivity contribution in [2.75, 3.05) is 11.8 Å². The van der Waals surface area contributed by atoms with Crippen molar-refractivity contribution in [1.29, 1.82) is 0 Å². The number of furan rings is 1. The molecule has 1 amide bonds. The summed E-state index contributed by atoms with van der Waals surface area (Å²) in [4.78, 5) is 14.0. The highest BCUT2D eigenvalue weighted by Crippen LogP contribution is 2.18. The SMILES string of the molecule is Cc1ccc(CN(C)C(=O)c2ccc(NS(=O)(=O)c3ccc(F)cc3)cc2)o1. The van der Waals surface area contributed by atoms with Crippen LogP contribution < -0.4 is 4.72 Å². The molecule has 0 fully saturated rings. The molecule has 6 nitrogen and oxygen atoms in total. The third-order valence-electron chi connectivity index (χ3n) is 4.04. The summed E-state index contributed by atoms with van der Waals surface area (Å²) >= 11 is 0. The van der Waals surface area contributed by atoms with Crippen molar-refractivity contribution >= 4 is 21.6 Å². The quantitative estimate of drug-likeness (QED) is 0.680. The van der Waals surface area contributed by atoms with E-state index in [9.17, 15) is 17.6 Å². The Morgan fingerprint density at radius 2 is 1.68 bits per heavy atom. The molecule has 1 heterocycles. The Hall–Kier alpha value is -3.13. The lowest BCUT2D eigenvalue weighted by Crippen LogP contribution is -2.26. The molecule has 0 saturated heterocycles. The molecule has 8 heteroatoms. The van der Waals surface area contributed by atoms with Crippen LogP contribution >= 0.6 is 0 Å². The van der Waals surface area contributed by atoms with Gasteiger partial charge in [-0.25, -0.2) is 12.8 Å². The van der Waals surface area contributed by atoms with E-state index < -0.39 is 15.8 Å². The zero-order valence-electron chi connectivity index (χ0n) is 15.3. The van der Waals surface area contributed by atoms with Crippen LogP contribution in [-0.2, 0) is 16.6 Å². The van der Waals surface area contributed by atoms with E-state index in [0.29, 0.717) is 23.6 Å². The molecule has 0 aliphatic rings. The first kappa shape index (κ1) is 19.6. The van der Waals surface area contributed by atoms with Crippen LogP contribution in [0.1, 0.15) is 21.9 Å². The molecule has 28 heavy (non-hydrogen) atoms. The van der Waals surface area contributed by atoms with Gasteiger partial charge in [-0.15, -0.1) is 0 Å². The molecule has 3 rings (SSSR count). The number of carbonyl (C=O) groups is 1. The largest absolute Gasteiger partial charge is 0.464 e. The number of nitrogens with one attached hydrogen (secondary N) is 1. The molecule has 0 spiro atoms. The van der Waals surface area contributed by atoms with E-state index in [1.807, 2.05) is 19.1 Å². The average molecular weight is 402 g/mol. The first-order valence-corrected chi connectivity index (χ1v) is 9.92. The van der Waals surface area contributed by atoms with Crippen LogP contribution in [0.25, 0.3) is 0 Å². The molecule has 146 valence electrons. The van der Waals surface area contributed by atoms with Gasteiger partial charge < -0.3 is 9.32 Å². The molecule has 3 aromatic rings. The Balaban J connectivity index is 1.68. The molecule has 0 unspecified atom stereocenters. The highest BCUT2D eigenvalue weighted by atomic mass is 32.2. The number of nitrogens with zero attached hydrogens (tertiary/aromatic N) is 1. The monoisotopic (exact) mass is 402 g/mol. The fraction of sp³-hybridized carbons (Fsp3) is 0.150. The predicted molar refractivity (Wildman–Crippen MR) is 103 cm³/mol. The van der Waals surface area contributed by atoms with Gasteiger partial charge in [-0.2, -0.15) is 0 Å². The average Bonchev–Trinajstić information content (AvgIpc) is 3.06. The Labute approximate surface area is 162 Å². The minimum Gasteiger partial charge on any atom is -0.464 e. The van der Waals surface area contributed by atoms with E-state index in [0.717, 1.165) is 17.9 Å². The lowest BCUT2D eigenvalue weighted by Gasteiger charge is -2.16. The van der Waals surface area contributed by atoms with Crippen molar-refractivity contribution in [3.8, 4) is 0 Å². The molecule has 0 bridgehead atoms. The normalized spacial score (nSPS) is 11.2. The number of aryl methyl sites for hydroxylation is 1. The third kappa shape index (κ3) is 4.58. The van der Waals surface area contributed by atoms with Gasteiger partial charge in [0.2, 0.25) is 0 Å². The fourth-order valence-electron chi connectivity index (χ4n) is 2.60. The Bertz CT molecular complexity index is 1070. The van der Waals surface area contributed by atoms with Crippen LogP contribution in [-0.4, -0.2) is 26.3 Å². The summed E-state index contributed by atoms with van der Waals surface area (Å²) in [6.07, 6.45) is 0. The predicted octanol–water partition coefficient (Wildman–Crippen LogP) is 3.80. The second kappa shape index (κ2) is 7.85. The van der Waals surface area contributed by atoms with Gasteiger partial charge in [0.1, 0.15) is 17.3 Å². The molecular weight excluding hydrogens is 383 g/mol. The summed E-state index contributed by atoms with van der Waals surface area (Å²) in [6, 6.07) is 14.2. The van der Waals surface area contributed by atoms with Crippen LogP contribution in [0.5, 0.6) is 0 Å². The Kier molecular flexibility index (Phi) is 5.51. The van der Waals surface area contributed by atoms with Gasteiger partial charge in [-0.05, 0) is 67.6 Å². The molecular formula is C20H19FN2O4S. The standard InChI is InChI=1S/C20H19FN2O4S/c1-14-3-10-18(27-14)13-23(2)20(24)15-4-8-17(9-5-15)22-28(25,26)19-11-6-16(21)7-12-19/h3-12,22H,13H2,1-2H3. The number of rotatable bonds is 6. The molecule has 1 N–H and O–H groups in total. The van der Waals surface area contributed by atoms with Gasteiger partial charge in [0, 0.05) is 18.3 Å². The summed E-state index contributed by atoms with van der Waals surface area (Å²) < 4.78 is 45.5. The zero-order valence-corrected chi connectivity index (χ0v) is 16.2. The molecule has 0 atom stereocenters. The lowest BCUT2D eigenvalue weighted by atomic mass is 10.2. The maximum absolute atomic E-state index is 13.0. The van der Waals surface area contributed by atoms with Gasteiger partial charge in [0.25, 0.3) is 15.9 Å². The van der Waals surface area contributed by atoms with E-state index in [-0.39, 0.29) is 10.8 Å². The second-order valence-corrected chi connectivity index (χ2v) is 7.99. The van der Waals surface area contributed by atoms with Gasteiger partial charge in [-0.1, -0.05) is 0 Å². The highest BCUT2D eigenvalue weighted by molar-refractivity contribution is 7.92. The molecule has 0 aliphatic heterocycles. The maximum atomic E-state index is 13.0. The summed E-state index contributed by atoms with van der Waals surface area (Å²) in [7, 11) is -2.18. The van der Waals surface area contributed by atoms with E-state index in [2.05, 4.69) is 4.72 Å². The van der Waals surface area contributed by atoms with E-state index >= 15 is 0 Å². The molecule has 0 saturated carbocycles. The van der Waals surface area contributed by atoms with Crippen molar-refractivity contribution in [3.05, 3.63) is 83.6 Å². The Morgan fingerprint density at radius 1 is 1.04 bits per heavy atom. The van der Waals surface area contributed by atoms with Crippen LogP contribution in [0, 0.1) is 12.7 Å². The van der Waals surface area contributed by atoms with E-state index in [4.69, 9.17) is 4.42 Å². The number of amides is 1. The van der Waals surface area contributed by atoms with E-state index in [1.165, 1.54) is 41.3 Å². The third-order valence-corrected chi connectivity index (χ3v) is 5.44. The van der Waals surface area contributed by atoms with Gasteiger partial charge >= 0.3 is 0 Å². The van der Waals surface area contributed by atoms with Crippen LogP contribution in [0.15, 0.2) is 70.0 Å².